The molecule has 0 spiro atoms. The van der Waals surface area contributed by atoms with Crippen molar-refractivity contribution in [1.29, 1.82) is 0 Å². The van der Waals surface area contributed by atoms with Gasteiger partial charge in [-0.3, -0.25) is 4.57 Å². The lowest BCUT2D eigenvalue weighted by Gasteiger charge is -2.23. The number of ether oxygens (including phenoxy) is 2. The van der Waals surface area contributed by atoms with Crippen LogP contribution in [0.1, 0.15) is 20.3 Å². The van der Waals surface area contributed by atoms with Crippen molar-refractivity contribution < 1.29 is 18.8 Å². The fourth-order valence-electron chi connectivity index (χ4n) is 1.27. The summed E-state index contributed by atoms with van der Waals surface area (Å²) in [5.41, 5.74) is -0.958. The molecular weight excluding hydrogens is 303 g/mol. The van der Waals surface area contributed by atoms with E-state index in [9.17, 15) is 9.36 Å². The summed E-state index contributed by atoms with van der Waals surface area (Å²) in [4.78, 5) is 11.9. The van der Waals surface area contributed by atoms with Gasteiger partial charge >= 0.3 is 5.97 Å². The molecule has 1 aromatic rings. The summed E-state index contributed by atoms with van der Waals surface area (Å²) in [5, 5.41) is 0.625. The zero-order valence-electron chi connectivity index (χ0n) is 10.9. The molecule has 0 heterocycles. The Hall–Kier alpha value is -0.810. The molecule has 0 aliphatic rings. The van der Waals surface area contributed by atoms with E-state index in [0.29, 0.717) is 17.5 Å². The monoisotopic (exact) mass is 318 g/mol. The average molecular weight is 318 g/mol. The van der Waals surface area contributed by atoms with Crippen molar-refractivity contribution in [3.05, 3.63) is 24.3 Å². The molecule has 0 aromatic heterocycles. The molecule has 0 fully saturated rings. The maximum absolute atomic E-state index is 11.9. The second kappa shape index (κ2) is 7.10. The third-order valence-electron chi connectivity index (χ3n) is 2.88. The third kappa shape index (κ3) is 4.08. The molecule has 0 saturated carbocycles. The summed E-state index contributed by atoms with van der Waals surface area (Å²) in [5.74, 6) is -0.0597. The lowest BCUT2D eigenvalue weighted by Crippen LogP contribution is -2.40. The maximum Gasteiger partial charge on any atom is 0.343 e. The number of hydrogen-bond acceptors (Lipinski definition) is 5. The number of carbonyl (C=O) groups excluding carboxylic acids is 1. The molecule has 0 aliphatic carbocycles. The van der Waals surface area contributed by atoms with Crippen molar-refractivity contribution in [2.75, 3.05) is 7.11 Å². The van der Waals surface area contributed by atoms with E-state index in [1.54, 1.807) is 31.2 Å². The van der Waals surface area contributed by atoms with Crippen LogP contribution in [0, 0.1) is 0 Å². The Balaban J connectivity index is 2.87. The van der Waals surface area contributed by atoms with Crippen LogP contribution in [0.3, 0.4) is 0 Å². The predicted octanol–water partition coefficient (Wildman–Crippen LogP) is 2.32. The van der Waals surface area contributed by atoms with Crippen LogP contribution < -0.4 is 10.0 Å². The maximum atomic E-state index is 11.9. The number of carbonyl (C=O) groups is 1. The van der Waals surface area contributed by atoms with E-state index in [2.05, 4.69) is 11.2 Å². The van der Waals surface area contributed by atoms with Crippen molar-refractivity contribution >= 4 is 38.5 Å². The summed E-state index contributed by atoms with van der Waals surface area (Å²) >= 11 is 4.67. The second-order valence-electron chi connectivity index (χ2n) is 4.00. The first-order valence-corrected chi connectivity index (χ1v) is 9.22. The van der Waals surface area contributed by atoms with Crippen molar-refractivity contribution in [3.8, 4) is 5.75 Å². The fraction of sp³-hybridized carbons (Fsp3) is 0.417. The van der Waals surface area contributed by atoms with Crippen LogP contribution in [-0.4, -0.2) is 18.7 Å². The Labute approximate surface area is 120 Å². The fourth-order valence-corrected chi connectivity index (χ4v) is 3.14. The van der Waals surface area contributed by atoms with Gasteiger partial charge in [0.1, 0.15) is 5.75 Å². The van der Waals surface area contributed by atoms with Gasteiger partial charge in [0.2, 0.25) is 0 Å². The Morgan fingerprint density at radius 2 is 2.00 bits per heavy atom. The molecule has 0 bridgehead atoms. The van der Waals surface area contributed by atoms with Crippen molar-refractivity contribution in [2.24, 2.45) is 0 Å². The van der Waals surface area contributed by atoms with Gasteiger partial charge < -0.3 is 9.47 Å². The average Bonchev–Trinajstić information content (AvgIpc) is 2.46. The smallest absolute Gasteiger partial charge is 0.343 e. The van der Waals surface area contributed by atoms with Gasteiger partial charge in [-0.05, 0) is 58.3 Å². The van der Waals surface area contributed by atoms with E-state index in [1.165, 1.54) is 7.11 Å². The van der Waals surface area contributed by atoms with Crippen LogP contribution in [0.5, 0.6) is 5.75 Å². The van der Waals surface area contributed by atoms with Crippen LogP contribution in [0.2, 0.25) is 0 Å². The molecule has 4 nitrogen and oxygen atoms in total. The van der Waals surface area contributed by atoms with Crippen LogP contribution >= 0.6 is 6.58 Å². The normalized spacial score (nSPS) is 14.4. The summed E-state index contributed by atoms with van der Waals surface area (Å²) in [6, 6.07) is 6.46. The minimum absolute atomic E-state index is 0.392. The molecule has 0 N–H and O–H groups in total. The molecule has 7 heteroatoms. The summed E-state index contributed by atoms with van der Waals surface area (Å²) < 4.78 is 21.9. The highest BCUT2D eigenvalue weighted by Crippen LogP contribution is 2.19. The van der Waals surface area contributed by atoms with Gasteiger partial charge in [-0.15, -0.1) is 0 Å². The number of hydrogen-bond donors (Lipinski definition) is 0. The van der Waals surface area contributed by atoms with Gasteiger partial charge in [-0.1, -0.05) is 6.92 Å². The number of methoxy groups -OCH3 is 1. The van der Waals surface area contributed by atoms with Gasteiger partial charge in [0, 0.05) is 12.4 Å². The van der Waals surface area contributed by atoms with E-state index < -0.39 is 18.1 Å². The van der Waals surface area contributed by atoms with Crippen molar-refractivity contribution in [3.63, 3.8) is 0 Å². The minimum Gasteiger partial charge on any atom is -0.424 e. The molecular formula is C12H15O4PS2. The Morgan fingerprint density at radius 3 is 2.42 bits per heavy atom. The highest BCUT2D eigenvalue weighted by atomic mass is 32.9. The predicted molar refractivity (Wildman–Crippen MR) is 79.8 cm³/mol. The van der Waals surface area contributed by atoms with Gasteiger partial charge in [0.25, 0.3) is 0 Å². The second-order valence-corrected chi connectivity index (χ2v) is 7.97. The molecule has 2 unspecified atom stereocenters. The number of rotatable bonds is 5. The van der Waals surface area contributed by atoms with Gasteiger partial charge in [0.05, 0.1) is 0 Å². The Bertz CT molecular complexity index is 554. The highest BCUT2D eigenvalue weighted by molar-refractivity contribution is 8.34. The topological polar surface area (TPSA) is 52.6 Å². The molecule has 1 aromatic carbocycles. The summed E-state index contributed by atoms with van der Waals surface area (Å²) in [7, 11) is 2.35. The first-order valence-electron chi connectivity index (χ1n) is 5.61. The standard InChI is InChI=1S/C12H15O4PS2/c1-4-12(2,15-3)11(13)16-9-5-7-10(8-6-9)17(14)19-18/h5-8H,4H2,1-3H3. The van der Waals surface area contributed by atoms with Crippen LogP contribution in [0.4, 0.5) is 0 Å². The molecule has 19 heavy (non-hydrogen) atoms. The molecule has 0 amide bonds. The molecule has 0 radical (unpaired) electrons. The quantitative estimate of drug-likeness (QED) is 0.474. The number of benzene rings is 1. The first kappa shape index (κ1) is 16.2. The lowest BCUT2D eigenvalue weighted by atomic mass is 10.0. The Morgan fingerprint density at radius 1 is 1.42 bits per heavy atom. The molecule has 0 saturated heterocycles. The van der Waals surface area contributed by atoms with E-state index in [0.717, 1.165) is 9.50 Å². The van der Waals surface area contributed by atoms with Crippen molar-refractivity contribution in [2.45, 2.75) is 25.9 Å². The van der Waals surface area contributed by atoms with Gasteiger partial charge in [-0.2, -0.15) is 0 Å². The first-order chi connectivity index (χ1) is 8.96. The van der Waals surface area contributed by atoms with Crippen LogP contribution in [0.15, 0.2) is 24.3 Å². The van der Waals surface area contributed by atoms with E-state index in [4.69, 9.17) is 9.47 Å². The highest BCUT2D eigenvalue weighted by Gasteiger charge is 2.33. The zero-order chi connectivity index (χ0) is 14.5. The molecule has 104 valence electrons. The van der Waals surface area contributed by atoms with E-state index >= 15 is 0 Å². The van der Waals surface area contributed by atoms with Crippen LogP contribution in [-0.2, 0) is 34.8 Å². The summed E-state index contributed by atoms with van der Waals surface area (Å²) in [6.07, 6.45) is 0.513. The largest absolute Gasteiger partial charge is 0.424 e. The Kier molecular flexibility index (Phi) is 6.07. The molecule has 0 aliphatic heterocycles. The molecule has 2 atom stereocenters. The van der Waals surface area contributed by atoms with E-state index in [1.807, 2.05) is 6.92 Å². The van der Waals surface area contributed by atoms with Crippen molar-refractivity contribution in [1.82, 2.24) is 0 Å². The van der Waals surface area contributed by atoms with Gasteiger partial charge in [0.15, 0.2) is 12.2 Å². The third-order valence-corrected chi connectivity index (χ3v) is 6.00. The van der Waals surface area contributed by atoms with Gasteiger partial charge in [-0.25, -0.2) is 4.79 Å². The minimum atomic E-state index is -1.62. The zero-order valence-corrected chi connectivity index (χ0v) is 13.4. The van der Waals surface area contributed by atoms with Crippen LogP contribution in [0.25, 0.3) is 0 Å². The lowest BCUT2D eigenvalue weighted by molar-refractivity contribution is -0.157. The number of esters is 1. The summed E-state index contributed by atoms with van der Waals surface area (Å²) in [6.45, 7) is 1.90. The SMILES string of the molecule is CCC(C)(OC)C(=O)Oc1ccc(P(=O)=S=S)cc1. The van der Waals surface area contributed by atoms with E-state index in [-0.39, 0.29) is 0 Å². The molecule has 1 rings (SSSR count).